The van der Waals surface area contributed by atoms with Crippen LogP contribution in [0.3, 0.4) is 0 Å². The maximum Gasteiger partial charge on any atom is 0.124 e. The van der Waals surface area contributed by atoms with Gasteiger partial charge in [-0.3, -0.25) is 4.98 Å². The highest BCUT2D eigenvalue weighted by Crippen LogP contribution is 2.19. The van der Waals surface area contributed by atoms with Gasteiger partial charge in [-0.2, -0.15) is 0 Å². The zero-order valence-corrected chi connectivity index (χ0v) is 16.1. The van der Waals surface area contributed by atoms with E-state index in [0.29, 0.717) is 6.61 Å². The topological polar surface area (TPSA) is 37.4 Å². The van der Waals surface area contributed by atoms with Gasteiger partial charge in [0.2, 0.25) is 0 Å². The molecule has 1 heterocycles. The van der Waals surface area contributed by atoms with Crippen LogP contribution in [0.25, 0.3) is 0 Å². The Balaban J connectivity index is 1.55. The van der Waals surface area contributed by atoms with Gasteiger partial charge in [-0.25, -0.2) is 0 Å². The standard InChI is InChI=1S/C23H27N3O/c1-26(2)17-20-8-5-7-19(13-20)14-25-16-22-10-3-4-11-23(22)27-18-21-9-6-12-24-15-21/h3-13,15,25H,14,16-18H2,1-2H3. The van der Waals surface area contributed by atoms with Gasteiger partial charge in [-0.1, -0.05) is 48.5 Å². The summed E-state index contributed by atoms with van der Waals surface area (Å²) in [7, 11) is 4.18. The second kappa shape index (κ2) is 9.86. The molecule has 0 aliphatic heterocycles. The van der Waals surface area contributed by atoms with Crippen molar-refractivity contribution in [2.45, 2.75) is 26.2 Å². The van der Waals surface area contributed by atoms with E-state index >= 15 is 0 Å². The molecule has 0 saturated heterocycles. The largest absolute Gasteiger partial charge is 0.489 e. The van der Waals surface area contributed by atoms with Gasteiger partial charge in [0.15, 0.2) is 0 Å². The highest BCUT2D eigenvalue weighted by atomic mass is 16.5. The zero-order valence-electron chi connectivity index (χ0n) is 16.1. The van der Waals surface area contributed by atoms with Crippen molar-refractivity contribution >= 4 is 0 Å². The second-order valence-electron chi connectivity index (χ2n) is 6.92. The smallest absolute Gasteiger partial charge is 0.124 e. The Labute approximate surface area is 161 Å². The van der Waals surface area contributed by atoms with E-state index in [4.69, 9.17) is 4.74 Å². The Morgan fingerprint density at radius 3 is 2.52 bits per heavy atom. The number of benzene rings is 2. The predicted octanol–water partition coefficient (Wildman–Crippen LogP) is 4.01. The minimum atomic E-state index is 0.525. The molecule has 0 aliphatic carbocycles. The van der Waals surface area contributed by atoms with Gasteiger partial charge in [0.1, 0.15) is 12.4 Å². The molecule has 2 aromatic carbocycles. The first-order chi connectivity index (χ1) is 13.2. The van der Waals surface area contributed by atoms with Crippen molar-refractivity contribution in [2.75, 3.05) is 14.1 Å². The summed E-state index contributed by atoms with van der Waals surface area (Å²) in [5.74, 6) is 0.912. The fourth-order valence-electron chi connectivity index (χ4n) is 2.98. The minimum Gasteiger partial charge on any atom is -0.489 e. The van der Waals surface area contributed by atoms with E-state index < -0.39 is 0 Å². The van der Waals surface area contributed by atoms with Crippen molar-refractivity contribution in [3.63, 3.8) is 0 Å². The van der Waals surface area contributed by atoms with Crippen LogP contribution in [-0.4, -0.2) is 24.0 Å². The average Bonchev–Trinajstić information content (AvgIpc) is 2.68. The number of hydrogen-bond donors (Lipinski definition) is 1. The summed E-state index contributed by atoms with van der Waals surface area (Å²) in [6.07, 6.45) is 3.61. The van der Waals surface area contributed by atoms with E-state index in [1.54, 1.807) is 6.20 Å². The summed E-state index contributed by atoms with van der Waals surface area (Å²) in [4.78, 5) is 6.32. The van der Waals surface area contributed by atoms with Gasteiger partial charge in [0.25, 0.3) is 0 Å². The molecule has 1 N–H and O–H groups in total. The Morgan fingerprint density at radius 2 is 1.70 bits per heavy atom. The first-order valence-corrected chi connectivity index (χ1v) is 9.23. The number of rotatable bonds is 9. The van der Waals surface area contributed by atoms with Gasteiger partial charge in [-0.15, -0.1) is 0 Å². The van der Waals surface area contributed by atoms with E-state index in [1.165, 1.54) is 11.1 Å². The van der Waals surface area contributed by atoms with Crippen LogP contribution in [-0.2, 0) is 26.2 Å². The third kappa shape index (κ3) is 6.20. The molecule has 0 bridgehead atoms. The van der Waals surface area contributed by atoms with Crippen LogP contribution >= 0.6 is 0 Å². The summed E-state index contributed by atoms with van der Waals surface area (Å²) in [5.41, 5.74) is 4.85. The number of hydrogen-bond acceptors (Lipinski definition) is 4. The predicted molar refractivity (Wildman–Crippen MR) is 109 cm³/mol. The lowest BCUT2D eigenvalue weighted by Gasteiger charge is -2.13. The van der Waals surface area contributed by atoms with E-state index in [1.807, 2.05) is 36.5 Å². The van der Waals surface area contributed by atoms with Crippen LogP contribution < -0.4 is 10.1 Å². The summed E-state index contributed by atoms with van der Waals surface area (Å²) in [5, 5.41) is 3.53. The molecule has 0 spiro atoms. The lowest BCUT2D eigenvalue weighted by atomic mass is 10.1. The van der Waals surface area contributed by atoms with Crippen LogP contribution in [0.2, 0.25) is 0 Å². The molecule has 140 valence electrons. The molecule has 0 saturated carbocycles. The molecule has 3 aromatic rings. The molecule has 0 amide bonds. The van der Waals surface area contributed by atoms with Gasteiger partial charge < -0.3 is 15.0 Å². The number of pyridine rings is 1. The molecule has 1 aromatic heterocycles. The Bertz CT molecular complexity index is 834. The molecular weight excluding hydrogens is 334 g/mol. The van der Waals surface area contributed by atoms with Crippen molar-refractivity contribution in [1.29, 1.82) is 0 Å². The molecule has 4 heteroatoms. The highest BCUT2D eigenvalue weighted by Gasteiger charge is 2.04. The lowest BCUT2D eigenvalue weighted by molar-refractivity contribution is 0.301. The number of para-hydroxylation sites is 1. The lowest BCUT2D eigenvalue weighted by Crippen LogP contribution is -2.15. The summed E-state index contributed by atoms with van der Waals surface area (Å²) < 4.78 is 6.00. The Kier molecular flexibility index (Phi) is 6.97. The van der Waals surface area contributed by atoms with Crippen LogP contribution in [0.15, 0.2) is 73.1 Å². The molecule has 3 rings (SSSR count). The van der Waals surface area contributed by atoms with Crippen LogP contribution in [0.5, 0.6) is 5.75 Å². The van der Waals surface area contributed by atoms with Crippen LogP contribution in [0.4, 0.5) is 0 Å². The molecule has 27 heavy (non-hydrogen) atoms. The maximum absolute atomic E-state index is 6.00. The van der Waals surface area contributed by atoms with Crippen molar-refractivity contribution < 1.29 is 4.74 Å². The SMILES string of the molecule is CN(C)Cc1cccc(CNCc2ccccc2OCc2cccnc2)c1. The average molecular weight is 361 g/mol. The van der Waals surface area contributed by atoms with Gasteiger partial charge >= 0.3 is 0 Å². The first-order valence-electron chi connectivity index (χ1n) is 9.23. The zero-order chi connectivity index (χ0) is 18.9. The monoisotopic (exact) mass is 361 g/mol. The van der Waals surface area contributed by atoms with Crippen molar-refractivity contribution in [3.8, 4) is 5.75 Å². The van der Waals surface area contributed by atoms with E-state index in [0.717, 1.165) is 36.5 Å². The Hall–Kier alpha value is -2.69. The van der Waals surface area contributed by atoms with Crippen molar-refractivity contribution in [1.82, 2.24) is 15.2 Å². The normalized spacial score (nSPS) is 10.9. The molecule has 0 fully saturated rings. The van der Waals surface area contributed by atoms with E-state index in [-0.39, 0.29) is 0 Å². The number of nitrogens with one attached hydrogen (secondary N) is 1. The molecule has 0 radical (unpaired) electrons. The molecule has 0 aliphatic rings. The van der Waals surface area contributed by atoms with Gasteiger partial charge in [0.05, 0.1) is 0 Å². The minimum absolute atomic E-state index is 0.525. The Morgan fingerprint density at radius 1 is 0.889 bits per heavy atom. The molecule has 0 atom stereocenters. The van der Waals surface area contributed by atoms with E-state index in [9.17, 15) is 0 Å². The maximum atomic E-state index is 6.00. The quantitative estimate of drug-likeness (QED) is 0.625. The van der Waals surface area contributed by atoms with Gasteiger partial charge in [-0.05, 0) is 37.4 Å². The third-order valence-electron chi connectivity index (χ3n) is 4.22. The summed E-state index contributed by atoms with van der Waals surface area (Å²) >= 11 is 0. The fraction of sp³-hybridized carbons (Fsp3) is 0.261. The summed E-state index contributed by atoms with van der Waals surface area (Å²) in [6, 6.07) is 20.9. The second-order valence-corrected chi connectivity index (χ2v) is 6.92. The molecular formula is C23H27N3O. The first kappa shape index (κ1) is 19.1. The number of aromatic nitrogens is 1. The number of nitrogens with zero attached hydrogens (tertiary/aromatic N) is 2. The molecule has 0 unspecified atom stereocenters. The third-order valence-corrected chi connectivity index (χ3v) is 4.22. The van der Waals surface area contributed by atoms with Crippen molar-refractivity contribution in [2.24, 2.45) is 0 Å². The summed E-state index contributed by atoms with van der Waals surface area (Å²) in [6.45, 7) is 3.08. The van der Waals surface area contributed by atoms with Crippen LogP contribution in [0.1, 0.15) is 22.3 Å². The number of ether oxygens (including phenoxy) is 1. The highest BCUT2D eigenvalue weighted by molar-refractivity contribution is 5.33. The van der Waals surface area contributed by atoms with Crippen molar-refractivity contribution in [3.05, 3.63) is 95.3 Å². The van der Waals surface area contributed by atoms with E-state index in [2.05, 4.69) is 59.6 Å². The van der Waals surface area contributed by atoms with Gasteiger partial charge in [0, 0.05) is 43.2 Å². The molecule has 4 nitrogen and oxygen atoms in total. The van der Waals surface area contributed by atoms with Crippen LogP contribution in [0, 0.1) is 0 Å². The fourth-order valence-corrected chi connectivity index (χ4v) is 2.98.